The van der Waals surface area contributed by atoms with Crippen molar-refractivity contribution >= 4 is 11.9 Å². The Kier molecular flexibility index (Phi) is 8.86. The first-order chi connectivity index (χ1) is 18.1. The van der Waals surface area contributed by atoms with E-state index >= 15 is 0 Å². The molecule has 1 amide bonds. The normalized spacial score (nSPS) is 31.0. The molecule has 1 unspecified atom stereocenters. The van der Waals surface area contributed by atoms with Gasteiger partial charge in [-0.25, -0.2) is 0 Å². The first-order valence-electron chi connectivity index (χ1n) is 15.0. The SMILES string of the molecule is O=C(CCCc1cccc(C2(C(=O)OC3CN4CCC3CC4)CCCCC2)c1)NC1CCC(CO)CC1. The lowest BCUT2D eigenvalue weighted by Gasteiger charge is -2.45. The average molecular weight is 511 g/mol. The summed E-state index contributed by atoms with van der Waals surface area (Å²) in [6.45, 7) is 3.46. The molecule has 2 saturated carbocycles. The van der Waals surface area contributed by atoms with E-state index in [4.69, 9.17) is 4.74 Å². The minimum Gasteiger partial charge on any atom is -0.460 e. The summed E-state index contributed by atoms with van der Waals surface area (Å²) >= 11 is 0. The molecule has 1 aromatic carbocycles. The topological polar surface area (TPSA) is 78.9 Å². The molecule has 0 aromatic heterocycles. The Balaban J connectivity index is 1.17. The standard InChI is InChI=1S/C31H46N2O4/c34-22-24-10-12-27(13-11-24)32-29(35)9-5-7-23-6-4-8-26(20-23)31(16-2-1-3-17-31)30(36)37-28-21-33-18-14-25(28)15-19-33/h4,6,8,20,24-25,27-28,34H,1-3,5,7,9-19,21-22H2,(H,32,35). The van der Waals surface area contributed by atoms with Crippen molar-refractivity contribution in [1.29, 1.82) is 0 Å². The largest absolute Gasteiger partial charge is 0.460 e. The first-order valence-corrected chi connectivity index (χ1v) is 15.0. The molecule has 2 aliphatic carbocycles. The van der Waals surface area contributed by atoms with Gasteiger partial charge in [-0.15, -0.1) is 0 Å². The lowest BCUT2D eigenvalue weighted by atomic mass is 9.69. The summed E-state index contributed by atoms with van der Waals surface area (Å²) in [6.07, 6.45) is 13.5. The van der Waals surface area contributed by atoms with Crippen LogP contribution in [0.2, 0.25) is 0 Å². The predicted octanol–water partition coefficient (Wildman–Crippen LogP) is 4.52. The van der Waals surface area contributed by atoms with Crippen LogP contribution in [-0.2, 0) is 26.2 Å². The van der Waals surface area contributed by atoms with Gasteiger partial charge < -0.3 is 15.2 Å². The number of aliphatic hydroxyl groups is 1. The van der Waals surface area contributed by atoms with Crippen molar-refractivity contribution in [3.8, 4) is 0 Å². The van der Waals surface area contributed by atoms with Crippen molar-refractivity contribution in [3.05, 3.63) is 35.4 Å². The Morgan fingerprint density at radius 1 is 1.03 bits per heavy atom. The van der Waals surface area contributed by atoms with E-state index in [9.17, 15) is 14.7 Å². The van der Waals surface area contributed by atoms with Crippen LogP contribution in [0.15, 0.2) is 24.3 Å². The molecule has 2 bridgehead atoms. The van der Waals surface area contributed by atoms with E-state index in [1.165, 1.54) is 12.0 Å². The summed E-state index contributed by atoms with van der Waals surface area (Å²) in [7, 11) is 0. The van der Waals surface area contributed by atoms with Crippen LogP contribution in [0, 0.1) is 11.8 Å². The van der Waals surface area contributed by atoms with Crippen molar-refractivity contribution in [3.63, 3.8) is 0 Å². The van der Waals surface area contributed by atoms with E-state index < -0.39 is 5.41 Å². The molecule has 6 nitrogen and oxygen atoms in total. The molecular weight excluding hydrogens is 464 g/mol. The molecule has 5 aliphatic rings. The number of piperidine rings is 3. The van der Waals surface area contributed by atoms with Crippen LogP contribution in [0.5, 0.6) is 0 Å². The summed E-state index contributed by atoms with van der Waals surface area (Å²) in [6, 6.07) is 8.82. The summed E-state index contributed by atoms with van der Waals surface area (Å²) in [5.41, 5.74) is 1.79. The Morgan fingerprint density at radius 3 is 2.46 bits per heavy atom. The highest BCUT2D eigenvalue weighted by molar-refractivity contribution is 5.83. The lowest BCUT2D eigenvalue weighted by molar-refractivity contribution is -0.167. The molecule has 37 heavy (non-hydrogen) atoms. The molecule has 3 aliphatic heterocycles. The number of carbonyl (C=O) groups excluding carboxylic acids is 2. The van der Waals surface area contributed by atoms with E-state index in [0.29, 0.717) is 18.3 Å². The number of hydrogen-bond acceptors (Lipinski definition) is 5. The molecule has 1 aromatic rings. The van der Waals surface area contributed by atoms with Gasteiger partial charge in [-0.2, -0.15) is 0 Å². The van der Waals surface area contributed by atoms with E-state index in [1.807, 2.05) is 0 Å². The molecule has 0 radical (unpaired) electrons. The molecule has 5 fully saturated rings. The highest BCUT2D eigenvalue weighted by Crippen LogP contribution is 2.42. The number of aliphatic hydroxyl groups excluding tert-OH is 1. The second kappa shape index (κ2) is 12.3. The fourth-order valence-corrected chi connectivity index (χ4v) is 7.33. The highest BCUT2D eigenvalue weighted by atomic mass is 16.5. The molecule has 204 valence electrons. The number of nitrogens with zero attached hydrogens (tertiary/aromatic N) is 1. The van der Waals surface area contributed by atoms with E-state index in [1.54, 1.807) is 0 Å². The van der Waals surface area contributed by atoms with Crippen LogP contribution < -0.4 is 5.32 Å². The van der Waals surface area contributed by atoms with Crippen molar-refractivity contribution < 1.29 is 19.4 Å². The van der Waals surface area contributed by atoms with Gasteiger partial charge in [0, 0.05) is 25.6 Å². The highest BCUT2D eigenvalue weighted by Gasteiger charge is 2.45. The Morgan fingerprint density at radius 2 is 1.78 bits per heavy atom. The summed E-state index contributed by atoms with van der Waals surface area (Å²) in [5, 5.41) is 12.5. The molecule has 2 N–H and O–H groups in total. The summed E-state index contributed by atoms with van der Waals surface area (Å²) in [4.78, 5) is 28.8. The number of carbonyl (C=O) groups is 2. The van der Waals surface area contributed by atoms with Gasteiger partial charge in [0.25, 0.3) is 0 Å². The number of fused-ring (bicyclic) bond motifs is 3. The number of esters is 1. The monoisotopic (exact) mass is 510 g/mol. The van der Waals surface area contributed by atoms with Gasteiger partial charge in [-0.1, -0.05) is 43.5 Å². The van der Waals surface area contributed by atoms with Gasteiger partial charge in [0.15, 0.2) is 0 Å². The van der Waals surface area contributed by atoms with E-state index in [2.05, 4.69) is 34.5 Å². The quantitative estimate of drug-likeness (QED) is 0.478. The van der Waals surface area contributed by atoms with Gasteiger partial charge in [-0.05, 0) is 100 Å². The molecule has 1 atom stereocenters. The molecule has 3 heterocycles. The number of amides is 1. The zero-order valence-electron chi connectivity index (χ0n) is 22.5. The first kappa shape index (κ1) is 26.7. The Labute approximate surface area is 222 Å². The smallest absolute Gasteiger partial charge is 0.316 e. The second-order valence-corrected chi connectivity index (χ2v) is 12.2. The van der Waals surface area contributed by atoms with Gasteiger partial charge in [0.05, 0.1) is 5.41 Å². The zero-order valence-corrected chi connectivity index (χ0v) is 22.5. The average Bonchev–Trinajstić information content (AvgIpc) is 2.94. The van der Waals surface area contributed by atoms with Crippen molar-refractivity contribution in [2.24, 2.45) is 11.8 Å². The zero-order chi connectivity index (χ0) is 25.7. The fraction of sp³-hybridized carbons (Fsp3) is 0.742. The van der Waals surface area contributed by atoms with E-state index in [0.717, 1.165) is 102 Å². The van der Waals surface area contributed by atoms with Crippen LogP contribution in [0.3, 0.4) is 0 Å². The van der Waals surface area contributed by atoms with Crippen LogP contribution in [-0.4, -0.2) is 60.3 Å². The Bertz CT molecular complexity index is 912. The van der Waals surface area contributed by atoms with Gasteiger partial charge in [0.2, 0.25) is 5.91 Å². The van der Waals surface area contributed by atoms with Gasteiger partial charge in [0.1, 0.15) is 6.10 Å². The number of aryl methyl sites for hydroxylation is 1. The maximum Gasteiger partial charge on any atom is 0.316 e. The number of ether oxygens (including phenoxy) is 1. The number of hydrogen-bond donors (Lipinski definition) is 2. The third kappa shape index (κ3) is 6.39. The van der Waals surface area contributed by atoms with Gasteiger partial charge in [-0.3, -0.25) is 14.5 Å². The minimum absolute atomic E-state index is 0.00148. The summed E-state index contributed by atoms with van der Waals surface area (Å²) in [5.74, 6) is 1.06. The van der Waals surface area contributed by atoms with Crippen LogP contribution in [0.4, 0.5) is 0 Å². The van der Waals surface area contributed by atoms with Crippen molar-refractivity contribution in [2.45, 2.75) is 107 Å². The maximum absolute atomic E-state index is 13.8. The van der Waals surface area contributed by atoms with E-state index in [-0.39, 0.29) is 30.6 Å². The number of rotatable bonds is 9. The molecular formula is C31H46N2O4. The molecule has 6 rings (SSSR count). The second-order valence-electron chi connectivity index (χ2n) is 12.2. The Hall–Kier alpha value is -1.92. The van der Waals surface area contributed by atoms with Crippen molar-refractivity contribution in [2.75, 3.05) is 26.2 Å². The third-order valence-electron chi connectivity index (χ3n) is 9.77. The number of nitrogens with one attached hydrogen (secondary N) is 1. The molecule has 6 heteroatoms. The van der Waals surface area contributed by atoms with Crippen molar-refractivity contribution in [1.82, 2.24) is 10.2 Å². The molecule has 0 spiro atoms. The number of benzene rings is 1. The van der Waals surface area contributed by atoms with Crippen LogP contribution >= 0.6 is 0 Å². The van der Waals surface area contributed by atoms with Crippen LogP contribution in [0.25, 0.3) is 0 Å². The summed E-state index contributed by atoms with van der Waals surface area (Å²) < 4.78 is 6.31. The molecule has 3 saturated heterocycles. The fourth-order valence-electron chi connectivity index (χ4n) is 7.33. The lowest BCUT2D eigenvalue weighted by Crippen LogP contribution is -2.53. The maximum atomic E-state index is 13.8. The minimum atomic E-state index is -0.523. The third-order valence-corrected chi connectivity index (χ3v) is 9.77. The van der Waals surface area contributed by atoms with Crippen LogP contribution in [0.1, 0.15) is 94.6 Å². The predicted molar refractivity (Wildman–Crippen MR) is 144 cm³/mol. The van der Waals surface area contributed by atoms with Gasteiger partial charge >= 0.3 is 5.97 Å².